The van der Waals surface area contributed by atoms with E-state index in [0.717, 1.165) is 11.3 Å². The Bertz CT molecular complexity index is 390. The van der Waals surface area contributed by atoms with Crippen molar-refractivity contribution in [2.24, 2.45) is 5.73 Å². The van der Waals surface area contributed by atoms with Crippen LogP contribution in [0.5, 0.6) is 0 Å². The Hall–Kier alpha value is -1.06. The lowest BCUT2D eigenvalue weighted by Gasteiger charge is -2.10. The van der Waals surface area contributed by atoms with Crippen molar-refractivity contribution in [2.75, 3.05) is 0 Å². The maximum Gasteiger partial charge on any atom is 0.105 e. The Kier molecular flexibility index (Phi) is 2.44. The molecule has 1 atom stereocenters. The van der Waals surface area contributed by atoms with E-state index in [9.17, 15) is 0 Å². The first-order chi connectivity index (χ1) is 6.70. The quantitative estimate of drug-likeness (QED) is 0.822. The summed E-state index contributed by atoms with van der Waals surface area (Å²) in [4.78, 5) is 1.28. The summed E-state index contributed by atoms with van der Waals surface area (Å²) in [6.07, 6.45) is 1.69. The zero-order chi connectivity index (χ0) is 10.1. The summed E-state index contributed by atoms with van der Waals surface area (Å²) in [6, 6.07) is 3.97. The Morgan fingerprint density at radius 3 is 2.57 bits per heavy atom. The Morgan fingerprint density at radius 1 is 1.29 bits per heavy atom. The van der Waals surface area contributed by atoms with Gasteiger partial charge in [-0.25, -0.2) is 0 Å². The van der Waals surface area contributed by atoms with Gasteiger partial charge in [0.1, 0.15) is 5.76 Å². The minimum absolute atomic E-state index is 0.0556. The largest absolute Gasteiger partial charge is 0.469 e. The predicted octanol–water partition coefficient (Wildman–Crippen LogP) is 3.01. The van der Waals surface area contributed by atoms with Gasteiger partial charge in [0.05, 0.1) is 12.3 Å². The molecule has 0 aromatic carbocycles. The molecule has 0 spiro atoms. The Balaban J connectivity index is 2.38. The van der Waals surface area contributed by atoms with Crippen LogP contribution in [0.4, 0.5) is 0 Å². The SMILES string of the molecule is Cc1occc1C(N)c1ccsc1C. The first kappa shape index (κ1) is 9.49. The van der Waals surface area contributed by atoms with Crippen molar-refractivity contribution in [2.45, 2.75) is 19.9 Å². The van der Waals surface area contributed by atoms with Gasteiger partial charge in [0.25, 0.3) is 0 Å². The number of aryl methyl sites for hydroxylation is 2. The summed E-state index contributed by atoms with van der Waals surface area (Å²) in [5, 5.41) is 2.07. The third-order valence-corrected chi connectivity index (χ3v) is 3.33. The second kappa shape index (κ2) is 3.59. The minimum Gasteiger partial charge on any atom is -0.469 e. The predicted molar refractivity (Wildman–Crippen MR) is 58.5 cm³/mol. The fourth-order valence-corrected chi connectivity index (χ4v) is 2.35. The number of furan rings is 1. The van der Waals surface area contributed by atoms with E-state index in [-0.39, 0.29) is 6.04 Å². The van der Waals surface area contributed by atoms with Crippen molar-refractivity contribution >= 4 is 11.3 Å². The molecule has 2 rings (SSSR count). The highest BCUT2D eigenvalue weighted by Gasteiger charge is 2.15. The molecule has 0 aliphatic heterocycles. The van der Waals surface area contributed by atoms with Crippen LogP contribution in [0.3, 0.4) is 0 Å². The van der Waals surface area contributed by atoms with E-state index in [1.807, 2.05) is 13.0 Å². The number of rotatable bonds is 2. The van der Waals surface area contributed by atoms with Crippen molar-refractivity contribution in [1.29, 1.82) is 0 Å². The van der Waals surface area contributed by atoms with E-state index in [1.54, 1.807) is 17.6 Å². The van der Waals surface area contributed by atoms with Crippen molar-refractivity contribution in [3.05, 3.63) is 45.5 Å². The van der Waals surface area contributed by atoms with Gasteiger partial charge in [-0.15, -0.1) is 11.3 Å². The van der Waals surface area contributed by atoms with E-state index >= 15 is 0 Å². The summed E-state index contributed by atoms with van der Waals surface area (Å²) in [5.74, 6) is 0.906. The molecule has 0 aliphatic rings. The minimum atomic E-state index is -0.0556. The van der Waals surface area contributed by atoms with Gasteiger partial charge >= 0.3 is 0 Å². The zero-order valence-corrected chi connectivity index (χ0v) is 9.10. The first-order valence-corrected chi connectivity index (χ1v) is 5.41. The van der Waals surface area contributed by atoms with Crippen LogP contribution >= 0.6 is 11.3 Å². The molecule has 0 saturated heterocycles. The lowest BCUT2D eigenvalue weighted by Crippen LogP contribution is -2.12. The van der Waals surface area contributed by atoms with Crippen molar-refractivity contribution in [1.82, 2.24) is 0 Å². The average Bonchev–Trinajstić information content (AvgIpc) is 2.73. The number of thiophene rings is 1. The maximum atomic E-state index is 6.15. The highest BCUT2D eigenvalue weighted by molar-refractivity contribution is 7.10. The molecule has 74 valence electrons. The van der Waals surface area contributed by atoms with Gasteiger partial charge in [0, 0.05) is 10.4 Å². The van der Waals surface area contributed by atoms with Crippen LogP contribution in [0, 0.1) is 13.8 Å². The molecule has 0 bridgehead atoms. The van der Waals surface area contributed by atoms with Crippen molar-refractivity contribution in [3.63, 3.8) is 0 Å². The van der Waals surface area contributed by atoms with Crippen molar-refractivity contribution < 1.29 is 4.42 Å². The second-order valence-corrected chi connectivity index (χ2v) is 4.46. The van der Waals surface area contributed by atoms with Gasteiger partial charge < -0.3 is 10.2 Å². The van der Waals surface area contributed by atoms with Crippen LogP contribution in [-0.4, -0.2) is 0 Å². The highest BCUT2D eigenvalue weighted by Crippen LogP contribution is 2.28. The standard InChI is InChI=1S/C11H13NOS/c1-7-9(3-5-13-7)11(12)10-4-6-14-8(10)2/h3-6,11H,12H2,1-2H3. The fourth-order valence-electron chi connectivity index (χ4n) is 1.60. The van der Waals surface area contributed by atoms with Crippen LogP contribution in [0.15, 0.2) is 28.2 Å². The molecule has 2 heterocycles. The molecule has 0 aliphatic carbocycles. The van der Waals surface area contributed by atoms with Gasteiger partial charge in [0.2, 0.25) is 0 Å². The van der Waals surface area contributed by atoms with E-state index < -0.39 is 0 Å². The van der Waals surface area contributed by atoms with E-state index in [4.69, 9.17) is 10.2 Å². The molecule has 2 aromatic rings. The van der Waals surface area contributed by atoms with Gasteiger partial charge in [-0.2, -0.15) is 0 Å². The molecule has 2 nitrogen and oxygen atoms in total. The smallest absolute Gasteiger partial charge is 0.105 e. The molecule has 1 unspecified atom stereocenters. The molecule has 3 heteroatoms. The van der Waals surface area contributed by atoms with Gasteiger partial charge in [-0.3, -0.25) is 0 Å². The molecule has 0 fully saturated rings. The first-order valence-electron chi connectivity index (χ1n) is 4.53. The third kappa shape index (κ3) is 1.49. The molecular weight excluding hydrogens is 194 g/mol. The van der Waals surface area contributed by atoms with Gasteiger partial charge in [-0.05, 0) is 36.9 Å². The van der Waals surface area contributed by atoms with Gasteiger partial charge in [0.15, 0.2) is 0 Å². The summed E-state index contributed by atoms with van der Waals surface area (Å²) in [6.45, 7) is 4.03. The highest BCUT2D eigenvalue weighted by atomic mass is 32.1. The van der Waals surface area contributed by atoms with E-state index in [0.29, 0.717) is 0 Å². The molecule has 0 radical (unpaired) electrons. The summed E-state index contributed by atoms with van der Waals surface area (Å²) >= 11 is 1.73. The lowest BCUT2D eigenvalue weighted by atomic mass is 10.0. The van der Waals surface area contributed by atoms with Crippen LogP contribution in [0.1, 0.15) is 27.8 Å². The van der Waals surface area contributed by atoms with Crippen LogP contribution < -0.4 is 5.73 Å². The second-order valence-electron chi connectivity index (χ2n) is 3.34. The number of hydrogen-bond acceptors (Lipinski definition) is 3. The van der Waals surface area contributed by atoms with Crippen LogP contribution in [0.25, 0.3) is 0 Å². The lowest BCUT2D eigenvalue weighted by molar-refractivity contribution is 0.527. The molecule has 2 N–H and O–H groups in total. The van der Waals surface area contributed by atoms with Crippen molar-refractivity contribution in [3.8, 4) is 0 Å². The van der Waals surface area contributed by atoms with E-state index in [1.165, 1.54) is 10.4 Å². The summed E-state index contributed by atoms with van der Waals surface area (Å²) in [5.41, 5.74) is 8.42. The Morgan fingerprint density at radius 2 is 2.07 bits per heavy atom. The van der Waals surface area contributed by atoms with Crippen LogP contribution in [-0.2, 0) is 0 Å². The molecule has 0 amide bonds. The molecular formula is C11H13NOS. The molecule has 2 aromatic heterocycles. The fraction of sp³-hybridized carbons (Fsp3) is 0.273. The van der Waals surface area contributed by atoms with Crippen LogP contribution in [0.2, 0.25) is 0 Å². The summed E-state index contributed by atoms with van der Waals surface area (Å²) in [7, 11) is 0. The molecule has 0 saturated carbocycles. The zero-order valence-electron chi connectivity index (χ0n) is 8.28. The molecule has 14 heavy (non-hydrogen) atoms. The Labute approximate surface area is 87.4 Å². The topological polar surface area (TPSA) is 39.2 Å². The van der Waals surface area contributed by atoms with E-state index in [2.05, 4.69) is 18.4 Å². The average molecular weight is 207 g/mol. The van der Waals surface area contributed by atoms with Gasteiger partial charge in [-0.1, -0.05) is 0 Å². The number of hydrogen-bond donors (Lipinski definition) is 1. The monoisotopic (exact) mass is 207 g/mol. The third-order valence-electron chi connectivity index (χ3n) is 2.47. The summed E-state index contributed by atoms with van der Waals surface area (Å²) < 4.78 is 5.25. The maximum absolute atomic E-state index is 6.15. The normalized spacial score (nSPS) is 13.1. The number of nitrogens with two attached hydrogens (primary N) is 1.